The van der Waals surface area contributed by atoms with E-state index in [0.717, 1.165) is 30.3 Å². The summed E-state index contributed by atoms with van der Waals surface area (Å²) < 4.78 is 10.8. The van der Waals surface area contributed by atoms with E-state index in [1.807, 2.05) is 24.3 Å². The largest absolute Gasteiger partial charge is 0.497 e. The molecule has 1 saturated carbocycles. The zero-order valence-corrected chi connectivity index (χ0v) is 14.1. The maximum Gasteiger partial charge on any atom is 0.118 e. The summed E-state index contributed by atoms with van der Waals surface area (Å²) in [7, 11) is 1.66. The number of β-amino-alcohol motifs (C(OH)–C–C–N with tert-alkyl or cyclic N) is 1. The van der Waals surface area contributed by atoms with Crippen molar-refractivity contribution in [1.82, 2.24) is 4.90 Å². The van der Waals surface area contributed by atoms with E-state index in [1.54, 1.807) is 7.11 Å². The van der Waals surface area contributed by atoms with Crippen LogP contribution in [0.2, 0.25) is 0 Å². The van der Waals surface area contributed by atoms with Crippen LogP contribution < -0.4 is 4.74 Å². The van der Waals surface area contributed by atoms with Gasteiger partial charge in [0, 0.05) is 12.6 Å². The molecule has 3 unspecified atom stereocenters. The van der Waals surface area contributed by atoms with Gasteiger partial charge in [0.2, 0.25) is 0 Å². The molecule has 3 rings (SSSR count). The van der Waals surface area contributed by atoms with Crippen LogP contribution in [0.1, 0.15) is 37.7 Å². The van der Waals surface area contributed by atoms with Crippen molar-refractivity contribution in [3.63, 3.8) is 0 Å². The van der Waals surface area contributed by atoms with E-state index in [2.05, 4.69) is 4.90 Å². The van der Waals surface area contributed by atoms with Gasteiger partial charge < -0.3 is 14.6 Å². The summed E-state index contributed by atoms with van der Waals surface area (Å²) in [5.41, 5.74) is 1.10. The second-order valence-corrected chi connectivity index (χ2v) is 6.91. The normalized spacial score (nSPS) is 26.0. The van der Waals surface area contributed by atoms with Gasteiger partial charge in [-0.3, -0.25) is 4.90 Å². The molecule has 1 heterocycles. The van der Waals surface area contributed by atoms with Gasteiger partial charge in [0.05, 0.1) is 26.4 Å². The maximum absolute atomic E-state index is 10.3. The van der Waals surface area contributed by atoms with Crippen molar-refractivity contribution in [2.45, 2.75) is 50.9 Å². The van der Waals surface area contributed by atoms with Crippen molar-refractivity contribution in [2.24, 2.45) is 5.92 Å². The van der Waals surface area contributed by atoms with E-state index in [0.29, 0.717) is 19.3 Å². The van der Waals surface area contributed by atoms with E-state index in [-0.39, 0.29) is 0 Å². The van der Waals surface area contributed by atoms with Crippen LogP contribution in [0.4, 0.5) is 0 Å². The monoisotopic (exact) mass is 319 g/mol. The van der Waals surface area contributed by atoms with E-state index in [1.165, 1.54) is 32.1 Å². The quantitative estimate of drug-likeness (QED) is 0.839. The van der Waals surface area contributed by atoms with Gasteiger partial charge in [0.15, 0.2) is 0 Å². The lowest BCUT2D eigenvalue weighted by Crippen LogP contribution is -2.46. The van der Waals surface area contributed by atoms with Gasteiger partial charge in [-0.15, -0.1) is 0 Å². The molecule has 1 aromatic carbocycles. The molecule has 2 aliphatic rings. The lowest BCUT2D eigenvalue weighted by atomic mass is 9.92. The first-order chi connectivity index (χ1) is 11.3. The first kappa shape index (κ1) is 16.7. The Morgan fingerprint density at radius 2 is 1.96 bits per heavy atom. The molecule has 0 spiro atoms. The molecule has 128 valence electrons. The van der Waals surface area contributed by atoms with Gasteiger partial charge in [0.25, 0.3) is 0 Å². The number of aliphatic hydroxyl groups excluding tert-OH is 1. The van der Waals surface area contributed by atoms with E-state index < -0.39 is 6.10 Å². The third kappa shape index (κ3) is 4.46. The molecule has 2 fully saturated rings. The molecule has 1 N–H and O–H groups in total. The minimum Gasteiger partial charge on any atom is -0.497 e. The maximum atomic E-state index is 10.3. The van der Waals surface area contributed by atoms with Gasteiger partial charge in [0.1, 0.15) is 5.75 Å². The number of ether oxygens (including phenoxy) is 2. The average molecular weight is 319 g/mol. The Kier molecular flexibility index (Phi) is 5.92. The molecule has 1 aliphatic carbocycles. The smallest absolute Gasteiger partial charge is 0.118 e. The fourth-order valence-corrected chi connectivity index (χ4v) is 4.14. The Morgan fingerprint density at radius 3 is 2.74 bits per heavy atom. The number of aliphatic hydroxyl groups is 1. The van der Waals surface area contributed by atoms with Gasteiger partial charge in [-0.2, -0.15) is 0 Å². The molecular formula is C19H29NO3. The fraction of sp³-hybridized carbons (Fsp3) is 0.684. The van der Waals surface area contributed by atoms with Gasteiger partial charge in [-0.1, -0.05) is 18.6 Å². The lowest BCUT2D eigenvalue weighted by Gasteiger charge is -2.38. The topological polar surface area (TPSA) is 41.9 Å². The molecule has 0 aromatic heterocycles. The zero-order chi connectivity index (χ0) is 16.1. The summed E-state index contributed by atoms with van der Waals surface area (Å²) in [5.74, 6) is 1.72. The molecule has 4 heteroatoms. The Balaban J connectivity index is 1.39. The van der Waals surface area contributed by atoms with Crippen LogP contribution in [0.3, 0.4) is 0 Å². The Hall–Kier alpha value is -1.10. The van der Waals surface area contributed by atoms with E-state index in [9.17, 15) is 5.11 Å². The van der Waals surface area contributed by atoms with Crippen molar-refractivity contribution >= 4 is 0 Å². The third-order valence-corrected chi connectivity index (χ3v) is 5.29. The van der Waals surface area contributed by atoms with Crippen LogP contribution in [0.5, 0.6) is 5.75 Å². The number of piperidine rings is 1. The number of hydrogen-bond acceptors (Lipinski definition) is 4. The number of fused-ring (bicyclic) bond motifs is 1. The zero-order valence-electron chi connectivity index (χ0n) is 14.1. The van der Waals surface area contributed by atoms with Crippen molar-refractivity contribution in [3.8, 4) is 5.75 Å². The standard InChI is InChI=1S/C19H29NO3/c1-22-18-9-7-15(8-10-18)13-23-14-17(21)12-20-11-3-5-16-4-2-6-19(16)20/h7-10,16-17,19,21H,2-6,11-14H2,1H3. The second kappa shape index (κ2) is 8.13. The number of hydrogen-bond donors (Lipinski definition) is 1. The summed E-state index contributed by atoms with van der Waals surface area (Å²) in [6.07, 6.45) is 6.31. The minimum absolute atomic E-state index is 0.396. The van der Waals surface area contributed by atoms with Gasteiger partial charge in [-0.25, -0.2) is 0 Å². The molecule has 1 aliphatic heterocycles. The molecule has 0 amide bonds. The summed E-state index contributed by atoms with van der Waals surface area (Å²) in [6.45, 7) is 2.83. The highest BCUT2D eigenvalue weighted by atomic mass is 16.5. The van der Waals surface area contributed by atoms with Gasteiger partial charge in [-0.05, 0) is 55.8 Å². The highest BCUT2D eigenvalue weighted by Crippen LogP contribution is 2.36. The van der Waals surface area contributed by atoms with Crippen LogP contribution >= 0.6 is 0 Å². The molecule has 1 aromatic rings. The van der Waals surface area contributed by atoms with Crippen LogP contribution in [-0.4, -0.2) is 49.0 Å². The van der Waals surface area contributed by atoms with E-state index in [4.69, 9.17) is 9.47 Å². The molecule has 4 nitrogen and oxygen atoms in total. The first-order valence-corrected chi connectivity index (χ1v) is 8.89. The highest BCUT2D eigenvalue weighted by molar-refractivity contribution is 5.26. The molecule has 23 heavy (non-hydrogen) atoms. The molecular weight excluding hydrogens is 290 g/mol. The third-order valence-electron chi connectivity index (χ3n) is 5.29. The minimum atomic E-state index is -0.396. The highest BCUT2D eigenvalue weighted by Gasteiger charge is 2.35. The predicted molar refractivity (Wildman–Crippen MR) is 90.6 cm³/mol. The summed E-state index contributed by atoms with van der Waals surface area (Å²) in [6, 6.07) is 8.57. The number of likely N-dealkylation sites (tertiary alicyclic amines) is 1. The summed E-state index contributed by atoms with van der Waals surface area (Å²) in [5, 5.41) is 10.3. The Labute approximate surface area is 139 Å². The Bertz CT molecular complexity index is 476. The first-order valence-electron chi connectivity index (χ1n) is 8.89. The second-order valence-electron chi connectivity index (χ2n) is 6.91. The van der Waals surface area contributed by atoms with Gasteiger partial charge >= 0.3 is 0 Å². The predicted octanol–water partition coefficient (Wildman–Crippen LogP) is 2.84. The van der Waals surface area contributed by atoms with Crippen LogP contribution in [0.25, 0.3) is 0 Å². The van der Waals surface area contributed by atoms with Crippen molar-refractivity contribution < 1.29 is 14.6 Å². The fourth-order valence-electron chi connectivity index (χ4n) is 4.14. The number of rotatable bonds is 7. The molecule has 0 radical (unpaired) electrons. The summed E-state index contributed by atoms with van der Waals surface area (Å²) >= 11 is 0. The van der Waals surface area contributed by atoms with Crippen molar-refractivity contribution in [3.05, 3.63) is 29.8 Å². The lowest BCUT2D eigenvalue weighted by molar-refractivity contribution is -0.00857. The van der Waals surface area contributed by atoms with Crippen LogP contribution in [-0.2, 0) is 11.3 Å². The number of benzene rings is 1. The van der Waals surface area contributed by atoms with Crippen molar-refractivity contribution in [2.75, 3.05) is 26.8 Å². The summed E-state index contributed by atoms with van der Waals surface area (Å²) in [4.78, 5) is 2.50. The SMILES string of the molecule is COc1ccc(COCC(O)CN2CCCC3CCCC32)cc1. The van der Waals surface area contributed by atoms with Crippen LogP contribution in [0.15, 0.2) is 24.3 Å². The molecule has 0 bridgehead atoms. The van der Waals surface area contributed by atoms with Crippen molar-refractivity contribution in [1.29, 1.82) is 0 Å². The number of methoxy groups -OCH3 is 1. The number of nitrogens with zero attached hydrogens (tertiary/aromatic N) is 1. The molecule has 1 saturated heterocycles. The Morgan fingerprint density at radius 1 is 1.17 bits per heavy atom. The van der Waals surface area contributed by atoms with Crippen LogP contribution in [0, 0.1) is 5.92 Å². The molecule has 3 atom stereocenters. The van der Waals surface area contributed by atoms with E-state index >= 15 is 0 Å². The average Bonchev–Trinajstić information content (AvgIpc) is 3.05.